The van der Waals surface area contributed by atoms with Gasteiger partial charge in [0, 0.05) is 4.47 Å². The summed E-state index contributed by atoms with van der Waals surface area (Å²) in [4.78, 5) is 12.5. The van der Waals surface area contributed by atoms with Gasteiger partial charge in [0.1, 0.15) is 24.2 Å². The quantitative estimate of drug-likeness (QED) is 0.609. The topological polar surface area (TPSA) is 71.7 Å². The predicted octanol–water partition coefficient (Wildman–Crippen LogP) is 4.08. The molecule has 6 heteroatoms. The predicted molar refractivity (Wildman–Crippen MR) is 101 cm³/mol. The molecule has 0 saturated carbocycles. The number of aliphatic hydroxyl groups is 1. The molecular formula is C20H18BrNO4. The van der Waals surface area contributed by atoms with E-state index in [0.717, 1.165) is 10.0 Å². The highest BCUT2D eigenvalue weighted by atomic mass is 79.9. The lowest BCUT2D eigenvalue weighted by atomic mass is 10.1. The van der Waals surface area contributed by atoms with Crippen LogP contribution in [-0.4, -0.2) is 17.6 Å². The number of hydrogen-bond donors (Lipinski definition) is 2. The molecule has 1 amide bonds. The van der Waals surface area contributed by atoms with Gasteiger partial charge in [0.05, 0.1) is 18.4 Å². The molecule has 0 spiro atoms. The number of carbonyl (C=O) groups excluding carboxylic acids is 1. The summed E-state index contributed by atoms with van der Waals surface area (Å²) in [6.07, 6.45) is 0.578. The molecule has 0 aliphatic carbocycles. The first-order valence-corrected chi connectivity index (χ1v) is 8.89. The van der Waals surface area contributed by atoms with Crippen molar-refractivity contribution in [3.63, 3.8) is 0 Å². The molecular weight excluding hydrogens is 398 g/mol. The van der Waals surface area contributed by atoms with Crippen LogP contribution >= 0.6 is 15.9 Å². The van der Waals surface area contributed by atoms with E-state index < -0.39 is 6.10 Å². The van der Waals surface area contributed by atoms with Crippen molar-refractivity contribution in [2.24, 2.45) is 0 Å². The van der Waals surface area contributed by atoms with Crippen LogP contribution in [0.2, 0.25) is 0 Å². The summed E-state index contributed by atoms with van der Waals surface area (Å²) in [6, 6.07) is 18.1. The number of rotatable bonds is 7. The molecule has 1 unspecified atom stereocenters. The smallest absolute Gasteiger partial charge is 0.255 e. The maximum absolute atomic E-state index is 12.5. The van der Waals surface area contributed by atoms with E-state index in [1.54, 1.807) is 30.3 Å². The minimum Gasteiger partial charge on any atom is -0.488 e. The average Bonchev–Trinajstić information content (AvgIpc) is 3.19. The van der Waals surface area contributed by atoms with Crippen molar-refractivity contribution in [1.29, 1.82) is 0 Å². The number of benzene rings is 2. The second kappa shape index (κ2) is 8.69. The van der Waals surface area contributed by atoms with Crippen LogP contribution in [0.1, 0.15) is 27.8 Å². The SMILES string of the molecule is O=C(NCC(O)c1ccco1)c1ccccc1OCc1cccc(Br)c1. The number of para-hydroxylation sites is 1. The molecule has 2 aromatic carbocycles. The summed E-state index contributed by atoms with van der Waals surface area (Å²) in [5.74, 6) is 0.572. The van der Waals surface area contributed by atoms with Crippen LogP contribution < -0.4 is 10.1 Å². The molecule has 2 N–H and O–H groups in total. The van der Waals surface area contributed by atoms with E-state index in [4.69, 9.17) is 9.15 Å². The molecule has 0 radical (unpaired) electrons. The molecule has 3 aromatic rings. The van der Waals surface area contributed by atoms with Crippen molar-refractivity contribution in [3.8, 4) is 5.75 Å². The van der Waals surface area contributed by atoms with Crippen molar-refractivity contribution in [1.82, 2.24) is 5.32 Å². The molecule has 1 atom stereocenters. The number of aliphatic hydroxyl groups excluding tert-OH is 1. The Balaban J connectivity index is 1.63. The lowest BCUT2D eigenvalue weighted by molar-refractivity contribution is 0.0896. The van der Waals surface area contributed by atoms with E-state index in [1.807, 2.05) is 30.3 Å². The summed E-state index contributed by atoms with van der Waals surface area (Å²) >= 11 is 3.43. The number of ether oxygens (including phenoxy) is 1. The molecule has 134 valence electrons. The highest BCUT2D eigenvalue weighted by molar-refractivity contribution is 9.10. The Bertz CT molecular complexity index is 864. The van der Waals surface area contributed by atoms with Crippen molar-refractivity contribution in [3.05, 3.63) is 88.3 Å². The highest BCUT2D eigenvalue weighted by Crippen LogP contribution is 2.21. The van der Waals surface area contributed by atoms with E-state index in [2.05, 4.69) is 21.2 Å². The Labute approximate surface area is 159 Å². The first kappa shape index (κ1) is 18.2. The molecule has 26 heavy (non-hydrogen) atoms. The van der Waals surface area contributed by atoms with Gasteiger partial charge in [-0.1, -0.05) is 40.2 Å². The molecule has 1 heterocycles. The molecule has 0 saturated heterocycles. The zero-order valence-corrected chi connectivity index (χ0v) is 15.5. The second-order valence-electron chi connectivity index (χ2n) is 5.66. The van der Waals surface area contributed by atoms with Gasteiger partial charge in [0.2, 0.25) is 0 Å². The lowest BCUT2D eigenvalue weighted by Gasteiger charge is -2.13. The Morgan fingerprint density at radius 1 is 1.15 bits per heavy atom. The van der Waals surface area contributed by atoms with Gasteiger partial charge < -0.3 is 19.6 Å². The summed E-state index contributed by atoms with van der Waals surface area (Å²) in [5.41, 5.74) is 1.40. The van der Waals surface area contributed by atoms with Crippen LogP contribution in [-0.2, 0) is 6.61 Å². The number of hydrogen-bond acceptors (Lipinski definition) is 4. The van der Waals surface area contributed by atoms with Gasteiger partial charge in [-0.25, -0.2) is 0 Å². The summed E-state index contributed by atoms with van der Waals surface area (Å²) in [7, 11) is 0. The minimum atomic E-state index is -0.899. The van der Waals surface area contributed by atoms with Crippen LogP contribution in [0.15, 0.2) is 75.8 Å². The maximum atomic E-state index is 12.5. The van der Waals surface area contributed by atoms with E-state index in [9.17, 15) is 9.90 Å². The van der Waals surface area contributed by atoms with Gasteiger partial charge in [0.25, 0.3) is 5.91 Å². The van der Waals surface area contributed by atoms with Gasteiger partial charge in [-0.2, -0.15) is 0 Å². The molecule has 0 bridgehead atoms. The molecule has 0 fully saturated rings. The van der Waals surface area contributed by atoms with E-state index in [0.29, 0.717) is 23.7 Å². The molecule has 1 aromatic heterocycles. The first-order chi connectivity index (χ1) is 12.6. The monoisotopic (exact) mass is 415 g/mol. The van der Waals surface area contributed by atoms with Crippen molar-refractivity contribution >= 4 is 21.8 Å². The van der Waals surface area contributed by atoms with Crippen LogP contribution in [0.3, 0.4) is 0 Å². The minimum absolute atomic E-state index is 0.0479. The van der Waals surface area contributed by atoms with Gasteiger partial charge in [-0.3, -0.25) is 4.79 Å². The van der Waals surface area contributed by atoms with Gasteiger partial charge in [0.15, 0.2) is 0 Å². The molecule has 5 nitrogen and oxygen atoms in total. The maximum Gasteiger partial charge on any atom is 0.255 e. The number of nitrogens with one attached hydrogen (secondary N) is 1. The zero-order chi connectivity index (χ0) is 18.4. The van der Waals surface area contributed by atoms with Crippen LogP contribution in [0, 0.1) is 0 Å². The third-order valence-electron chi connectivity index (χ3n) is 3.74. The lowest BCUT2D eigenvalue weighted by Crippen LogP contribution is -2.28. The van der Waals surface area contributed by atoms with Gasteiger partial charge >= 0.3 is 0 Å². The second-order valence-corrected chi connectivity index (χ2v) is 6.57. The van der Waals surface area contributed by atoms with E-state index >= 15 is 0 Å². The third kappa shape index (κ3) is 4.74. The van der Waals surface area contributed by atoms with Crippen LogP contribution in [0.4, 0.5) is 0 Å². The number of carbonyl (C=O) groups is 1. The van der Waals surface area contributed by atoms with Gasteiger partial charge in [-0.15, -0.1) is 0 Å². The fraction of sp³-hybridized carbons (Fsp3) is 0.150. The zero-order valence-electron chi connectivity index (χ0n) is 13.9. The van der Waals surface area contributed by atoms with E-state index in [-0.39, 0.29) is 12.5 Å². The normalized spacial score (nSPS) is 11.8. The Hall–Kier alpha value is -2.57. The molecule has 0 aliphatic rings. The van der Waals surface area contributed by atoms with Gasteiger partial charge in [-0.05, 0) is 42.0 Å². The van der Waals surface area contributed by atoms with Crippen molar-refractivity contribution < 1.29 is 19.1 Å². The Morgan fingerprint density at radius 2 is 2.00 bits per heavy atom. The standard InChI is InChI=1S/C20H18BrNO4/c21-15-6-3-5-14(11-15)13-26-18-8-2-1-7-16(18)20(24)22-12-17(23)19-9-4-10-25-19/h1-11,17,23H,12-13H2,(H,22,24). The number of furan rings is 1. The first-order valence-electron chi connectivity index (χ1n) is 8.09. The number of halogens is 1. The van der Waals surface area contributed by atoms with Crippen molar-refractivity contribution in [2.75, 3.05) is 6.54 Å². The third-order valence-corrected chi connectivity index (χ3v) is 4.24. The van der Waals surface area contributed by atoms with Crippen LogP contribution in [0.25, 0.3) is 0 Å². The molecule has 3 rings (SSSR count). The largest absolute Gasteiger partial charge is 0.488 e. The van der Waals surface area contributed by atoms with Crippen molar-refractivity contribution in [2.45, 2.75) is 12.7 Å². The Kier molecular flexibility index (Phi) is 6.09. The summed E-state index contributed by atoms with van der Waals surface area (Å²) in [6.45, 7) is 0.394. The fourth-order valence-electron chi connectivity index (χ4n) is 2.43. The molecule has 0 aliphatic heterocycles. The number of amides is 1. The fourth-order valence-corrected chi connectivity index (χ4v) is 2.88. The average molecular weight is 416 g/mol. The Morgan fingerprint density at radius 3 is 2.77 bits per heavy atom. The summed E-state index contributed by atoms with van der Waals surface area (Å²) in [5, 5.41) is 12.7. The van der Waals surface area contributed by atoms with E-state index in [1.165, 1.54) is 6.26 Å². The van der Waals surface area contributed by atoms with Crippen LogP contribution in [0.5, 0.6) is 5.75 Å². The summed E-state index contributed by atoms with van der Waals surface area (Å²) < 4.78 is 11.9. The highest BCUT2D eigenvalue weighted by Gasteiger charge is 2.16.